The number of nitrogens with zero attached hydrogens (tertiary/aromatic N) is 2. The van der Waals surface area contributed by atoms with Crippen LogP contribution in [0.2, 0.25) is 0 Å². The van der Waals surface area contributed by atoms with Crippen molar-refractivity contribution < 1.29 is 14.3 Å². The number of ether oxygens (including phenoxy) is 2. The predicted octanol–water partition coefficient (Wildman–Crippen LogP) is 3.02. The van der Waals surface area contributed by atoms with E-state index in [9.17, 15) is 4.79 Å². The van der Waals surface area contributed by atoms with Crippen LogP contribution in [0.3, 0.4) is 0 Å². The molecule has 1 amide bonds. The van der Waals surface area contributed by atoms with Gasteiger partial charge in [-0.25, -0.2) is 0 Å². The van der Waals surface area contributed by atoms with E-state index in [2.05, 4.69) is 4.99 Å². The highest BCUT2D eigenvalue weighted by Crippen LogP contribution is 2.34. The van der Waals surface area contributed by atoms with Gasteiger partial charge in [0.1, 0.15) is 0 Å². The molecule has 22 heavy (non-hydrogen) atoms. The number of amides is 1. The van der Waals surface area contributed by atoms with Crippen LogP contribution in [0.5, 0.6) is 11.5 Å². The van der Waals surface area contributed by atoms with E-state index in [1.165, 1.54) is 11.8 Å². The molecule has 0 radical (unpaired) electrons. The Kier molecular flexibility index (Phi) is 5.49. The molecule has 1 aromatic carbocycles. The molecule has 118 valence electrons. The largest absolute Gasteiger partial charge is 0.493 e. The third kappa shape index (κ3) is 3.27. The van der Waals surface area contributed by atoms with Crippen LogP contribution in [0.15, 0.2) is 28.1 Å². The molecule has 1 heterocycles. The van der Waals surface area contributed by atoms with Gasteiger partial charge in [0.2, 0.25) is 0 Å². The minimum absolute atomic E-state index is 0.00511. The Morgan fingerprint density at radius 1 is 1.23 bits per heavy atom. The Hall–Kier alpha value is -1.95. The maximum atomic E-state index is 12.4. The molecule has 0 aromatic heterocycles. The first kappa shape index (κ1) is 16.4. The van der Waals surface area contributed by atoms with Crippen molar-refractivity contribution in [1.82, 2.24) is 4.90 Å². The highest BCUT2D eigenvalue weighted by molar-refractivity contribution is 8.18. The van der Waals surface area contributed by atoms with Crippen LogP contribution in [0, 0.1) is 0 Å². The van der Waals surface area contributed by atoms with Crippen molar-refractivity contribution >= 4 is 28.9 Å². The van der Waals surface area contributed by atoms with E-state index in [1.807, 2.05) is 38.1 Å². The summed E-state index contributed by atoms with van der Waals surface area (Å²) in [5.74, 6) is 1.30. The molecule has 6 heteroatoms. The summed E-state index contributed by atoms with van der Waals surface area (Å²) in [4.78, 5) is 19.1. The SMILES string of the molecule is CCN=C1SC(=Cc2ccc(OC)c(OC)c2)C(=O)N1CC. The Bertz CT molecular complexity index is 626. The van der Waals surface area contributed by atoms with Gasteiger partial charge >= 0.3 is 0 Å². The molecule has 5 nitrogen and oxygen atoms in total. The number of benzene rings is 1. The number of likely N-dealkylation sites (N-methyl/N-ethyl adjacent to an activating group) is 1. The average Bonchev–Trinajstić information content (AvgIpc) is 2.82. The fourth-order valence-corrected chi connectivity index (χ4v) is 3.24. The van der Waals surface area contributed by atoms with Gasteiger partial charge in [-0.1, -0.05) is 6.07 Å². The van der Waals surface area contributed by atoms with E-state index in [4.69, 9.17) is 9.47 Å². The van der Waals surface area contributed by atoms with Gasteiger partial charge in [0.05, 0.1) is 19.1 Å². The number of carbonyl (C=O) groups excluding carboxylic acids is 1. The van der Waals surface area contributed by atoms with Crippen molar-refractivity contribution in [1.29, 1.82) is 0 Å². The second-order valence-corrected chi connectivity index (χ2v) is 5.54. The number of methoxy groups -OCH3 is 2. The molecule has 0 atom stereocenters. The Balaban J connectivity index is 2.33. The van der Waals surface area contributed by atoms with Gasteiger partial charge in [-0.05, 0) is 49.4 Å². The molecule has 2 rings (SSSR count). The zero-order chi connectivity index (χ0) is 16.1. The fraction of sp³-hybridized carbons (Fsp3) is 0.375. The monoisotopic (exact) mass is 320 g/mol. The number of amidine groups is 1. The van der Waals surface area contributed by atoms with Crippen LogP contribution in [0.25, 0.3) is 6.08 Å². The Morgan fingerprint density at radius 3 is 2.55 bits per heavy atom. The second kappa shape index (κ2) is 7.35. The van der Waals surface area contributed by atoms with Gasteiger partial charge < -0.3 is 9.47 Å². The molecular weight excluding hydrogens is 300 g/mol. The van der Waals surface area contributed by atoms with E-state index in [1.54, 1.807) is 19.1 Å². The highest BCUT2D eigenvalue weighted by atomic mass is 32.2. The summed E-state index contributed by atoms with van der Waals surface area (Å²) in [7, 11) is 3.19. The minimum atomic E-state index is -0.00511. The van der Waals surface area contributed by atoms with Crippen molar-refractivity contribution in [2.45, 2.75) is 13.8 Å². The first-order chi connectivity index (χ1) is 10.6. The molecule has 1 fully saturated rings. The summed E-state index contributed by atoms with van der Waals surface area (Å²) in [5.41, 5.74) is 0.891. The molecule has 0 aliphatic carbocycles. The van der Waals surface area contributed by atoms with Gasteiger partial charge in [0.15, 0.2) is 16.7 Å². The standard InChI is InChI=1S/C16H20N2O3S/c1-5-17-16-18(6-2)15(19)14(22-16)10-11-7-8-12(20-3)13(9-11)21-4/h7-10H,5-6H2,1-4H3. The maximum Gasteiger partial charge on any atom is 0.266 e. The third-order valence-electron chi connectivity index (χ3n) is 3.20. The van der Waals surface area contributed by atoms with Crippen molar-refractivity contribution in [3.63, 3.8) is 0 Å². The smallest absolute Gasteiger partial charge is 0.266 e. The Labute approximate surface area is 135 Å². The van der Waals surface area contributed by atoms with E-state index < -0.39 is 0 Å². The van der Waals surface area contributed by atoms with Crippen molar-refractivity contribution in [2.75, 3.05) is 27.3 Å². The molecule has 0 unspecified atom stereocenters. The van der Waals surface area contributed by atoms with Crippen LogP contribution in [0.4, 0.5) is 0 Å². The van der Waals surface area contributed by atoms with Gasteiger partial charge in [-0.15, -0.1) is 0 Å². The number of rotatable bonds is 5. The van der Waals surface area contributed by atoms with Crippen molar-refractivity contribution in [3.05, 3.63) is 28.7 Å². The molecule has 0 saturated carbocycles. The van der Waals surface area contributed by atoms with E-state index in [0.717, 1.165) is 10.7 Å². The summed E-state index contributed by atoms with van der Waals surface area (Å²) in [5, 5.41) is 0.765. The van der Waals surface area contributed by atoms with Crippen LogP contribution < -0.4 is 9.47 Å². The second-order valence-electron chi connectivity index (χ2n) is 4.53. The molecule has 1 aliphatic heterocycles. The lowest BCUT2D eigenvalue weighted by atomic mass is 10.2. The summed E-state index contributed by atoms with van der Waals surface area (Å²) < 4.78 is 10.5. The molecule has 0 N–H and O–H groups in total. The van der Waals surface area contributed by atoms with Gasteiger partial charge in [-0.2, -0.15) is 0 Å². The maximum absolute atomic E-state index is 12.4. The fourth-order valence-electron chi connectivity index (χ4n) is 2.13. The molecular formula is C16H20N2O3S. The lowest BCUT2D eigenvalue weighted by molar-refractivity contribution is -0.122. The average molecular weight is 320 g/mol. The summed E-state index contributed by atoms with van der Waals surface area (Å²) in [6, 6.07) is 5.58. The number of carbonyl (C=O) groups is 1. The van der Waals surface area contributed by atoms with Crippen LogP contribution in [-0.2, 0) is 4.79 Å². The quantitative estimate of drug-likeness (QED) is 0.783. The molecule has 1 saturated heterocycles. The predicted molar refractivity (Wildman–Crippen MR) is 90.5 cm³/mol. The third-order valence-corrected chi connectivity index (χ3v) is 4.25. The van der Waals surface area contributed by atoms with E-state index >= 15 is 0 Å². The topological polar surface area (TPSA) is 51.1 Å². The summed E-state index contributed by atoms with van der Waals surface area (Å²) >= 11 is 1.41. The van der Waals surface area contributed by atoms with Gasteiger partial charge in [0, 0.05) is 13.1 Å². The minimum Gasteiger partial charge on any atom is -0.493 e. The van der Waals surface area contributed by atoms with Gasteiger partial charge in [0.25, 0.3) is 5.91 Å². The van der Waals surface area contributed by atoms with Gasteiger partial charge in [-0.3, -0.25) is 14.7 Å². The van der Waals surface area contributed by atoms with Crippen LogP contribution in [0.1, 0.15) is 19.4 Å². The van der Waals surface area contributed by atoms with Crippen molar-refractivity contribution in [3.8, 4) is 11.5 Å². The molecule has 0 spiro atoms. The van der Waals surface area contributed by atoms with Crippen LogP contribution in [-0.4, -0.2) is 43.3 Å². The Morgan fingerprint density at radius 2 is 1.95 bits per heavy atom. The zero-order valence-electron chi connectivity index (χ0n) is 13.3. The lowest BCUT2D eigenvalue weighted by Gasteiger charge is -2.11. The van der Waals surface area contributed by atoms with E-state index in [-0.39, 0.29) is 5.91 Å². The number of thioether (sulfide) groups is 1. The summed E-state index contributed by atoms with van der Waals surface area (Å²) in [6.07, 6.45) is 1.86. The highest BCUT2D eigenvalue weighted by Gasteiger charge is 2.31. The van der Waals surface area contributed by atoms with Crippen LogP contribution >= 0.6 is 11.8 Å². The van der Waals surface area contributed by atoms with E-state index in [0.29, 0.717) is 29.5 Å². The summed E-state index contributed by atoms with van der Waals surface area (Å²) in [6.45, 7) is 5.19. The lowest BCUT2D eigenvalue weighted by Crippen LogP contribution is -2.28. The number of hydrogen-bond donors (Lipinski definition) is 0. The van der Waals surface area contributed by atoms with Crippen molar-refractivity contribution in [2.24, 2.45) is 4.99 Å². The molecule has 0 bridgehead atoms. The molecule has 1 aromatic rings. The normalized spacial score (nSPS) is 18.4. The first-order valence-corrected chi connectivity index (χ1v) is 7.94. The molecule has 1 aliphatic rings. The number of aliphatic imine (C=N–C) groups is 1. The number of hydrogen-bond acceptors (Lipinski definition) is 5. The first-order valence-electron chi connectivity index (χ1n) is 7.12. The zero-order valence-corrected chi connectivity index (χ0v) is 14.1.